The van der Waals surface area contributed by atoms with Crippen molar-refractivity contribution in [2.24, 2.45) is 0 Å². The minimum Gasteiger partial charge on any atom is -0.493 e. The van der Waals surface area contributed by atoms with Crippen molar-refractivity contribution in [3.8, 4) is 23.0 Å². The normalized spacial score (nSPS) is 12.9. The molecule has 0 saturated carbocycles. The maximum atomic E-state index is 11.8. The van der Waals surface area contributed by atoms with Crippen LogP contribution in [0.25, 0.3) is 0 Å². The number of hydrogen-bond acceptors (Lipinski definition) is 8. The van der Waals surface area contributed by atoms with Gasteiger partial charge in [0.15, 0.2) is 0 Å². The van der Waals surface area contributed by atoms with E-state index in [1.807, 2.05) is 38.1 Å². The summed E-state index contributed by atoms with van der Waals surface area (Å²) >= 11 is 0. The van der Waals surface area contributed by atoms with Crippen molar-refractivity contribution in [1.29, 1.82) is 0 Å². The monoisotopic (exact) mass is 540 g/mol. The molecule has 0 aliphatic rings. The second-order valence-electron chi connectivity index (χ2n) is 8.97. The number of benzene rings is 2. The Bertz CT molecular complexity index is 1080. The number of carbonyl (C=O) groups excluding carboxylic acids is 2. The van der Waals surface area contributed by atoms with E-state index < -0.39 is 24.5 Å². The average molecular weight is 541 g/mol. The van der Waals surface area contributed by atoms with Crippen molar-refractivity contribution in [3.05, 3.63) is 71.8 Å². The number of esters is 2. The van der Waals surface area contributed by atoms with Crippen LogP contribution in [0.15, 0.2) is 60.7 Å². The highest BCUT2D eigenvalue weighted by Gasteiger charge is 2.23. The highest BCUT2D eigenvalue weighted by Crippen LogP contribution is 2.41. The van der Waals surface area contributed by atoms with Gasteiger partial charge in [-0.25, -0.2) is 9.59 Å². The van der Waals surface area contributed by atoms with Gasteiger partial charge in [-0.15, -0.1) is 0 Å². The van der Waals surface area contributed by atoms with Gasteiger partial charge in [0, 0.05) is 54.2 Å². The first kappa shape index (κ1) is 31.3. The Balaban J connectivity index is 2.36. The van der Waals surface area contributed by atoms with E-state index in [-0.39, 0.29) is 5.92 Å². The van der Waals surface area contributed by atoms with Gasteiger partial charge in [0.2, 0.25) is 12.6 Å². The fraction of sp³-hybridized carbons (Fsp3) is 0.419. The molecule has 0 N–H and O–H groups in total. The van der Waals surface area contributed by atoms with Gasteiger partial charge in [0.1, 0.15) is 23.0 Å². The van der Waals surface area contributed by atoms with Crippen molar-refractivity contribution in [2.45, 2.75) is 73.4 Å². The highest BCUT2D eigenvalue weighted by atomic mass is 16.7. The number of ether oxygens (including phenoxy) is 6. The Kier molecular flexibility index (Phi) is 11.9. The van der Waals surface area contributed by atoms with E-state index in [1.54, 1.807) is 39.8 Å². The average Bonchev–Trinajstić information content (AvgIpc) is 2.86. The fourth-order valence-corrected chi connectivity index (χ4v) is 3.85. The maximum absolute atomic E-state index is 11.8. The summed E-state index contributed by atoms with van der Waals surface area (Å²) in [6.07, 6.45) is -0.837. The number of rotatable bonds is 15. The minimum absolute atomic E-state index is 0.0615. The molecule has 0 fully saturated rings. The van der Waals surface area contributed by atoms with Crippen LogP contribution >= 0.6 is 0 Å². The van der Waals surface area contributed by atoms with Gasteiger partial charge in [-0.2, -0.15) is 0 Å². The third kappa shape index (κ3) is 9.09. The molecule has 0 spiro atoms. The van der Waals surface area contributed by atoms with Gasteiger partial charge >= 0.3 is 11.9 Å². The summed E-state index contributed by atoms with van der Waals surface area (Å²) in [6, 6.07) is 11.1. The summed E-state index contributed by atoms with van der Waals surface area (Å²) < 4.78 is 34.1. The van der Waals surface area contributed by atoms with Crippen LogP contribution in [0.2, 0.25) is 0 Å². The molecule has 2 aromatic carbocycles. The largest absolute Gasteiger partial charge is 0.493 e. The lowest BCUT2D eigenvalue weighted by molar-refractivity contribution is -0.157. The van der Waals surface area contributed by atoms with Crippen LogP contribution in [0.3, 0.4) is 0 Å². The number of carbonyl (C=O) groups is 2. The zero-order chi connectivity index (χ0) is 29.1. The molecular formula is C31H40O8. The Labute approximate surface area is 231 Å². The lowest BCUT2D eigenvalue weighted by Gasteiger charge is -2.24. The molecule has 0 aromatic heterocycles. The molecule has 2 atom stereocenters. The van der Waals surface area contributed by atoms with Crippen LogP contribution in [0.1, 0.15) is 71.9 Å². The zero-order valence-corrected chi connectivity index (χ0v) is 24.0. The highest BCUT2D eigenvalue weighted by molar-refractivity contribution is 5.87. The van der Waals surface area contributed by atoms with Gasteiger partial charge in [0.05, 0.1) is 13.2 Å². The van der Waals surface area contributed by atoms with Gasteiger partial charge in [-0.3, -0.25) is 0 Å². The van der Waals surface area contributed by atoms with Crippen LogP contribution in [0.5, 0.6) is 23.0 Å². The van der Waals surface area contributed by atoms with E-state index in [4.69, 9.17) is 28.4 Å². The molecule has 0 aliphatic carbocycles. The lowest BCUT2D eigenvalue weighted by Crippen LogP contribution is -2.21. The molecule has 8 heteroatoms. The summed E-state index contributed by atoms with van der Waals surface area (Å²) in [6.45, 7) is 20.4. The molecule has 2 unspecified atom stereocenters. The van der Waals surface area contributed by atoms with E-state index in [9.17, 15) is 9.59 Å². The van der Waals surface area contributed by atoms with Gasteiger partial charge < -0.3 is 28.4 Å². The molecule has 0 saturated heterocycles. The summed E-state index contributed by atoms with van der Waals surface area (Å²) in [7, 11) is 0. The Hall–Kier alpha value is -3.94. The van der Waals surface area contributed by atoms with Crippen LogP contribution in [0.4, 0.5) is 0 Å². The molecule has 0 radical (unpaired) electrons. The number of hydrogen-bond donors (Lipinski definition) is 0. The first-order chi connectivity index (χ1) is 18.5. The molecule has 2 rings (SSSR count). The standard InChI is InChI=1S/C31H40O8/c1-10-25(26-15-13-23(17-28(26)34-11-2)36-21(8)38-30(32)19(4)5)27-16-14-24(18-29(27)35-12-3)37-22(9)39-31(33)20(6)7/h13-18,21-22,25H,4,6,10-12H2,1-3,5,7-9H3. The maximum Gasteiger partial charge on any atom is 0.336 e. The Morgan fingerprint density at radius 1 is 0.718 bits per heavy atom. The fourth-order valence-electron chi connectivity index (χ4n) is 3.85. The Morgan fingerprint density at radius 2 is 1.10 bits per heavy atom. The molecule has 2 aromatic rings. The van der Waals surface area contributed by atoms with Crippen LogP contribution < -0.4 is 18.9 Å². The summed E-state index contributed by atoms with van der Waals surface area (Å²) in [5.41, 5.74) is 2.50. The third-order valence-corrected chi connectivity index (χ3v) is 5.58. The van der Waals surface area contributed by atoms with Crippen molar-refractivity contribution in [3.63, 3.8) is 0 Å². The van der Waals surface area contributed by atoms with Crippen molar-refractivity contribution < 1.29 is 38.0 Å². The molecule has 0 heterocycles. The first-order valence-electron chi connectivity index (χ1n) is 13.1. The van der Waals surface area contributed by atoms with Crippen molar-refractivity contribution >= 4 is 11.9 Å². The van der Waals surface area contributed by atoms with Gasteiger partial charge in [-0.1, -0.05) is 32.2 Å². The second-order valence-corrected chi connectivity index (χ2v) is 8.97. The van der Waals surface area contributed by atoms with E-state index >= 15 is 0 Å². The molecule has 0 aliphatic heterocycles. The van der Waals surface area contributed by atoms with E-state index in [0.29, 0.717) is 47.4 Å². The van der Waals surface area contributed by atoms with E-state index in [2.05, 4.69) is 20.1 Å². The van der Waals surface area contributed by atoms with Crippen LogP contribution in [-0.4, -0.2) is 37.7 Å². The first-order valence-corrected chi connectivity index (χ1v) is 13.1. The van der Waals surface area contributed by atoms with Crippen LogP contribution in [0, 0.1) is 0 Å². The Morgan fingerprint density at radius 3 is 1.41 bits per heavy atom. The van der Waals surface area contributed by atoms with Gasteiger partial charge in [-0.05, 0) is 46.2 Å². The van der Waals surface area contributed by atoms with Crippen LogP contribution in [-0.2, 0) is 19.1 Å². The molecule has 0 bridgehead atoms. The minimum atomic E-state index is -0.800. The quantitative estimate of drug-likeness (QED) is 0.140. The van der Waals surface area contributed by atoms with Gasteiger partial charge in [0.25, 0.3) is 0 Å². The zero-order valence-electron chi connectivity index (χ0n) is 24.0. The second kappa shape index (κ2) is 14.9. The molecule has 8 nitrogen and oxygen atoms in total. The summed E-state index contributed by atoms with van der Waals surface area (Å²) in [5, 5.41) is 0. The molecule has 0 amide bonds. The van der Waals surface area contributed by atoms with E-state index in [1.165, 1.54) is 0 Å². The lowest BCUT2D eigenvalue weighted by atomic mass is 9.87. The molecule has 39 heavy (non-hydrogen) atoms. The predicted octanol–water partition coefficient (Wildman–Crippen LogP) is 6.71. The van der Waals surface area contributed by atoms with E-state index in [0.717, 1.165) is 17.5 Å². The smallest absolute Gasteiger partial charge is 0.336 e. The topological polar surface area (TPSA) is 89.5 Å². The summed E-state index contributed by atoms with van der Waals surface area (Å²) in [5.74, 6) is 1.22. The molecular weight excluding hydrogens is 500 g/mol. The van der Waals surface area contributed by atoms with Crippen molar-refractivity contribution in [1.82, 2.24) is 0 Å². The molecule has 212 valence electrons. The third-order valence-electron chi connectivity index (χ3n) is 5.58. The summed E-state index contributed by atoms with van der Waals surface area (Å²) in [4.78, 5) is 23.6. The van der Waals surface area contributed by atoms with Crippen molar-refractivity contribution in [2.75, 3.05) is 13.2 Å². The predicted molar refractivity (Wildman–Crippen MR) is 149 cm³/mol. The SMILES string of the molecule is C=C(C)C(=O)OC(C)Oc1ccc(C(CC)c2ccc(OC(C)OC(=O)C(=C)C)cc2OCC)c(OCC)c1.